The number of hydrogen-bond acceptors (Lipinski definition) is 5. The van der Waals surface area contributed by atoms with Gasteiger partial charge < -0.3 is 10.2 Å². The Labute approximate surface area is 127 Å². The molecule has 1 atom stereocenters. The van der Waals surface area contributed by atoms with Crippen LogP contribution in [0, 0.1) is 13.8 Å². The van der Waals surface area contributed by atoms with Crippen LogP contribution < -0.4 is 10.2 Å². The highest BCUT2D eigenvalue weighted by Crippen LogP contribution is 2.28. The number of nitrogens with zero attached hydrogens (tertiary/aromatic N) is 4. The predicted molar refractivity (Wildman–Crippen MR) is 87.1 cm³/mol. The highest BCUT2D eigenvalue weighted by atomic mass is 15.3. The van der Waals surface area contributed by atoms with Gasteiger partial charge in [0.15, 0.2) is 0 Å². The van der Waals surface area contributed by atoms with Crippen LogP contribution in [0.4, 0.5) is 11.6 Å². The third-order valence-electron chi connectivity index (χ3n) is 4.68. The van der Waals surface area contributed by atoms with E-state index in [1.807, 2.05) is 6.92 Å². The molecule has 1 aromatic rings. The van der Waals surface area contributed by atoms with Crippen LogP contribution in [0.15, 0.2) is 0 Å². The van der Waals surface area contributed by atoms with Crippen LogP contribution in [0.3, 0.4) is 0 Å². The average molecular weight is 289 g/mol. The molecule has 116 valence electrons. The van der Waals surface area contributed by atoms with E-state index in [0.29, 0.717) is 6.04 Å². The van der Waals surface area contributed by atoms with Crippen molar-refractivity contribution in [2.45, 2.75) is 46.1 Å². The van der Waals surface area contributed by atoms with Gasteiger partial charge in [0.2, 0.25) is 0 Å². The van der Waals surface area contributed by atoms with Crippen molar-refractivity contribution in [3.8, 4) is 0 Å². The summed E-state index contributed by atoms with van der Waals surface area (Å²) in [4.78, 5) is 14.4. The molecule has 2 aliphatic rings. The molecule has 2 saturated heterocycles. The molecule has 1 aromatic heterocycles. The first-order chi connectivity index (χ1) is 10.2. The van der Waals surface area contributed by atoms with Crippen molar-refractivity contribution in [3.05, 3.63) is 11.4 Å². The molecule has 5 nitrogen and oxygen atoms in total. The van der Waals surface area contributed by atoms with Crippen molar-refractivity contribution in [2.24, 2.45) is 0 Å². The number of fused-ring (bicyclic) bond motifs is 1. The number of aromatic nitrogens is 2. The van der Waals surface area contributed by atoms with Crippen LogP contribution in [0.1, 0.15) is 37.6 Å². The van der Waals surface area contributed by atoms with Gasteiger partial charge in [0.05, 0.1) is 0 Å². The standard InChI is InChI=1S/C16H27N5/c1-4-17-15-12(2)16(19-13(3)18-15)21-10-6-9-20-8-5-7-14(20)11-21/h14H,4-11H2,1-3H3,(H,17,18,19). The van der Waals surface area contributed by atoms with Crippen molar-refractivity contribution >= 4 is 11.6 Å². The largest absolute Gasteiger partial charge is 0.370 e. The molecule has 0 amide bonds. The Hall–Kier alpha value is -1.36. The van der Waals surface area contributed by atoms with Crippen LogP contribution in [-0.2, 0) is 0 Å². The Bertz CT molecular complexity index is 502. The minimum Gasteiger partial charge on any atom is -0.370 e. The lowest BCUT2D eigenvalue weighted by atomic mass is 10.2. The van der Waals surface area contributed by atoms with Gasteiger partial charge in [-0.2, -0.15) is 0 Å². The van der Waals surface area contributed by atoms with Gasteiger partial charge in [0.1, 0.15) is 17.5 Å². The molecule has 3 rings (SSSR count). The second kappa shape index (κ2) is 6.18. The molecule has 5 heteroatoms. The normalized spacial score (nSPS) is 23.0. The van der Waals surface area contributed by atoms with Gasteiger partial charge in [-0.1, -0.05) is 0 Å². The van der Waals surface area contributed by atoms with E-state index in [0.717, 1.165) is 37.1 Å². The molecular weight excluding hydrogens is 262 g/mol. The highest BCUT2D eigenvalue weighted by molar-refractivity contribution is 5.58. The molecule has 21 heavy (non-hydrogen) atoms. The van der Waals surface area contributed by atoms with E-state index in [4.69, 9.17) is 4.98 Å². The maximum Gasteiger partial charge on any atom is 0.137 e. The first kappa shape index (κ1) is 14.6. The number of nitrogens with one attached hydrogen (secondary N) is 1. The number of rotatable bonds is 3. The minimum atomic E-state index is 0.713. The molecule has 0 radical (unpaired) electrons. The van der Waals surface area contributed by atoms with Crippen molar-refractivity contribution in [1.29, 1.82) is 0 Å². The first-order valence-corrected chi connectivity index (χ1v) is 8.27. The Balaban J connectivity index is 1.88. The average Bonchev–Trinajstić information content (AvgIpc) is 2.80. The molecule has 0 spiro atoms. The smallest absolute Gasteiger partial charge is 0.137 e. The van der Waals surface area contributed by atoms with Gasteiger partial charge in [-0.3, -0.25) is 4.90 Å². The topological polar surface area (TPSA) is 44.3 Å². The minimum absolute atomic E-state index is 0.713. The molecule has 2 aliphatic heterocycles. The Kier molecular flexibility index (Phi) is 4.29. The number of hydrogen-bond donors (Lipinski definition) is 1. The van der Waals surface area contributed by atoms with Crippen molar-refractivity contribution in [3.63, 3.8) is 0 Å². The number of aryl methyl sites for hydroxylation is 1. The molecule has 3 heterocycles. The van der Waals surface area contributed by atoms with E-state index in [1.165, 1.54) is 37.9 Å². The summed E-state index contributed by atoms with van der Waals surface area (Å²) in [5.41, 5.74) is 1.19. The lowest BCUT2D eigenvalue weighted by molar-refractivity contribution is 0.273. The van der Waals surface area contributed by atoms with Crippen LogP contribution in [0.25, 0.3) is 0 Å². The van der Waals surface area contributed by atoms with Crippen molar-refractivity contribution in [2.75, 3.05) is 42.9 Å². The fourth-order valence-electron chi connectivity index (χ4n) is 3.66. The van der Waals surface area contributed by atoms with E-state index >= 15 is 0 Å². The maximum absolute atomic E-state index is 4.75. The van der Waals surface area contributed by atoms with Crippen LogP contribution in [-0.4, -0.2) is 53.6 Å². The zero-order valence-corrected chi connectivity index (χ0v) is 13.5. The third-order valence-corrected chi connectivity index (χ3v) is 4.68. The van der Waals surface area contributed by atoms with Gasteiger partial charge in [-0.25, -0.2) is 9.97 Å². The molecule has 0 bridgehead atoms. The molecule has 0 aliphatic carbocycles. The first-order valence-electron chi connectivity index (χ1n) is 8.27. The van der Waals surface area contributed by atoms with Crippen LogP contribution in [0.2, 0.25) is 0 Å². The fraction of sp³-hybridized carbons (Fsp3) is 0.750. The molecule has 0 aromatic carbocycles. The summed E-state index contributed by atoms with van der Waals surface area (Å²) in [6, 6.07) is 0.713. The van der Waals surface area contributed by atoms with Crippen LogP contribution in [0.5, 0.6) is 0 Å². The molecule has 1 unspecified atom stereocenters. The molecule has 0 saturated carbocycles. The van der Waals surface area contributed by atoms with Gasteiger partial charge in [-0.05, 0) is 46.6 Å². The van der Waals surface area contributed by atoms with Gasteiger partial charge >= 0.3 is 0 Å². The zero-order valence-electron chi connectivity index (χ0n) is 13.5. The second-order valence-electron chi connectivity index (χ2n) is 6.23. The van der Waals surface area contributed by atoms with Crippen molar-refractivity contribution in [1.82, 2.24) is 14.9 Å². The fourth-order valence-corrected chi connectivity index (χ4v) is 3.66. The maximum atomic E-state index is 4.75. The SMILES string of the molecule is CCNc1nc(C)nc(N2CCCN3CCCC3C2)c1C. The summed E-state index contributed by atoms with van der Waals surface area (Å²) < 4.78 is 0. The zero-order chi connectivity index (χ0) is 14.8. The van der Waals surface area contributed by atoms with Crippen LogP contribution >= 0.6 is 0 Å². The summed E-state index contributed by atoms with van der Waals surface area (Å²) in [6.07, 6.45) is 3.91. The van der Waals surface area contributed by atoms with Gasteiger partial charge in [-0.15, -0.1) is 0 Å². The summed E-state index contributed by atoms with van der Waals surface area (Å²) in [5, 5.41) is 3.37. The predicted octanol–water partition coefficient (Wildman–Crippen LogP) is 2.20. The van der Waals surface area contributed by atoms with Gasteiger partial charge in [0.25, 0.3) is 0 Å². The Morgan fingerprint density at radius 2 is 1.95 bits per heavy atom. The van der Waals surface area contributed by atoms with E-state index < -0.39 is 0 Å². The van der Waals surface area contributed by atoms with Gasteiger partial charge in [0, 0.05) is 37.8 Å². The second-order valence-corrected chi connectivity index (χ2v) is 6.23. The quantitative estimate of drug-likeness (QED) is 0.924. The molecule has 1 N–H and O–H groups in total. The lowest BCUT2D eigenvalue weighted by Gasteiger charge is -2.28. The van der Waals surface area contributed by atoms with Crippen molar-refractivity contribution < 1.29 is 0 Å². The van der Waals surface area contributed by atoms with E-state index in [1.54, 1.807) is 0 Å². The summed E-state index contributed by atoms with van der Waals surface area (Å²) >= 11 is 0. The van der Waals surface area contributed by atoms with E-state index in [9.17, 15) is 0 Å². The summed E-state index contributed by atoms with van der Waals surface area (Å²) in [5.74, 6) is 2.99. The monoisotopic (exact) mass is 289 g/mol. The third kappa shape index (κ3) is 2.98. The van der Waals surface area contributed by atoms with E-state index in [2.05, 4.69) is 33.9 Å². The molecular formula is C16H27N5. The lowest BCUT2D eigenvalue weighted by Crippen LogP contribution is -2.37. The molecule has 2 fully saturated rings. The Morgan fingerprint density at radius 3 is 2.76 bits per heavy atom. The summed E-state index contributed by atoms with van der Waals surface area (Å²) in [6.45, 7) is 11.9. The summed E-state index contributed by atoms with van der Waals surface area (Å²) in [7, 11) is 0. The highest BCUT2D eigenvalue weighted by Gasteiger charge is 2.30. The van der Waals surface area contributed by atoms with E-state index in [-0.39, 0.29) is 0 Å². The Morgan fingerprint density at radius 1 is 1.14 bits per heavy atom. The number of anilines is 2.